The predicted molar refractivity (Wildman–Crippen MR) is 103 cm³/mol. The topological polar surface area (TPSA) is 59.0 Å². The van der Waals surface area contributed by atoms with Crippen LogP contribution in [0.2, 0.25) is 0 Å². The summed E-state index contributed by atoms with van der Waals surface area (Å²) in [5.74, 6) is 0.942. The van der Waals surface area contributed by atoms with E-state index in [-0.39, 0.29) is 17.4 Å². The lowest BCUT2D eigenvalue weighted by atomic mass is 9.79. The van der Waals surface area contributed by atoms with Crippen molar-refractivity contribution in [2.45, 2.75) is 63.1 Å². The molecule has 0 radical (unpaired) electrons. The molecule has 27 heavy (non-hydrogen) atoms. The number of aliphatic hydroxyl groups is 1. The Balaban J connectivity index is 1.44. The smallest absolute Gasteiger partial charge is 0.251 e. The van der Waals surface area contributed by atoms with Gasteiger partial charge in [0.25, 0.3) is 5.91 Å². The van der Waals surface area contributed by atoms with Crippen molar-refractivity contribution in [2.24, 2.45) is 5.92 Å². The van der Waals surface area contributed by atoms with E-state index in [2.05, 4.69) is 12.1 Å². The Morgan fingerprint density at radius 2 is 2.00 bits per heavy atom. The summed E-state index contributed by atoms with van der Waals surface area (Å²) in [5, 5.41) is 10.6. The van der Waals surface area contributed by atoms with E-state index in [9.17, 15) is 9.90 Å². The summed E-state index contributed by atoms with van der Waals surface area (Å²) in [5.41, 5.74) is 2.24. The van der Waals surface area contributed by atoms with Crippen LogP contribution in [0.25, 0.3) is 0 Å². The highest BCUT2D eigenvalue weighted by Gasteiger charge is 2.43. The van der Waals surface area contributed by atoms with E-state index in [1.807, 2.05) is 11.0 Å². The maximum absolute atomic E-state index is 12.8. The Labute approximate surface area is 161 Å². The zero-order valence-corrected chi connectivity index (χ0v) is 16.3. The number of benzene rings is 1. The Kier molecular flexibility index (Phi) is 5.42. The molecule has 0 bridgehead atoms. The number of hydrogen-bond acceptors (Lipinski definition) is 4. The molecule has 2 fully saturated rings. The molecule has 1 aromatic carbocycles. The Hall–Kier alpha value is -1.59. The van der Waals surface area contributed by atoms with Gasteiger partial charge in [0, 0.05) is 13.1 Å². The third-order valence-corrected chi connectivity index (χ3v) is 6.79. The second-order valence-electron chi connectivity index (χ2n) is 8.28. The summed E-state index contributed by atoms with van der Waals surface area (Å²) in [4.78, 5) is 14.7. The van der Waals surface area contributed by atoms with E-state index in [4.69, 9.17) is 9.47 Å². The van der Waals surface area contributed by atoms with Gasteiger partial charge in [-0.1, -0.05) is 25.3 Å². The van der Waals surface area contributed by atoms with Crippen LogP contribution in [-0.2, 0) is 21.6 Å². The summed E-state index contributed by atoms with van der Waals surface area (Å²) in [6.07, 6.45) is 7.08. The summed E-state index contributed by atoms with van der Waals surface area (Å²) in [6.45, 7) is 2.00. The van der Waals surface area contributed by atoms with Gasteiger partial charge in [-0.05, 0) is 61.3 Å². The molecule has 5 heteroatoms. The number of carbonyl (C=O) groups is 1. The fourth-order valence-electron chi connectivity index (χ4n) is 5.12. The molecule has 1 atom stereocenters. The molecule has 1 saturated carbocycles. The van der Waals surface area contributed by atoms with Crippen molar-refractivity contribution in [3.05, 3.63) is 29.3 Å². The van der Waals surface area contributed by atoms with Gasteiger partial charge in [-0.3, -0.25) is 4.79 Å². The lowest BCUT2D eigenvalue weighted by molar-refractivity contribution is -0.152. The monoisotopic (exact) mass is 373 g/mol. The van der Waals surface area contributed by atoms with Crippen LogP contribution >= 0.6 is 0 Å². The van der Waals surface area contributed by atoms with Crippen LogP contribution in [0.1, 0.15) is 56.1 Å². The van der Waals surface area contributed by atoms with E-state index >= 15 is 0 Å². The highest BCUT2D eigenvalue weighted by molar-refractivity contribution is 5.81. The van der Waals surface area contributed by atoms with Crippen molar-refractivity contribution in [3.63, 3.8) is 0 Å². The van der Waals surface area contributed by atoms with Crippen LogP contribution < -0.4 is 4.74 Å². The number of carbonyl (C=O) groups excluding carboxylic acids is 1. The zero-order valence-electron chi connectivity index (χ0n) is 16.3. The number of fused-ring (bicyclic) bond motifs is 2. The molecule has 0 aromatic heterocycles. The van der Waals surface area contributed by atoms with Crippen LogP contribution in [0.3, 0.4) is 0 Å². The number of ether oxygens (including phenoxy) is 2. The average molecular weight is 373 g/mol. The fourth-order valence-corrected chi connectivity index (χ4v) is 5.12. The first-order valence-electron chi connectivity index (χ1n) is 10.4. The molecule has 2 aliphatic heterocycles. The van der Waals surface area contributed by atoms with Crippen LogP contribution in [0.15, 0.2) is 18.2 Å². The van der Waals surface area contributed by atoms with Gasteiger partial charge in [0.2, 0.25) is 0 Å². The molecule has 148 valence electrons. The standard InChI is InChI=1S/C22H31NO4/c1-26-18-7-8-19-17(15-18)9-14-27-22(19)10-12-23(13-11-22)21(25)20(24)16-5-3-2-4-6-16/h7-8,15-16,20,24H,2-6,9-14H2,1H3/t20-/m1/s1. The molecule has 1 saturated heterocycles. The highest BCUT2D eigenvalue weighted by atomic mass is 16.5. The first kappa shape index (κ1) is 18.8. The highest BCUT2D eigenvalue weighted by Crippen LogP contribution is 2.42. The number of amides is 1. The quantitative estimate of drug-likeness (QED) is 0.885. The van der Waals surface area contributed by atoms with Crippen LogP contribution in [0.4, 0.5) is 0 Å². The SMILES string of the molecule is COc1ccc2c(c1)CCOC21CCN(C(=O)[C@H](O)C2CCCCC2)CC1. The molecule has 5 nitrogen and oxygen atoms in total. The average Bonchev–Trinajstić information content (AvgIpc) is 2.74. The number of rotatable bonds is 3. The van der Waals surface area contributed by atoms with Gasteiger partial charge in [-0.25, -0.2) is 0 Å². The summed E-state index contributed by atoms with van der Waals surface area (Å²) < 4.78 is 11.6. The van der Waals surface area contributed by atoms with E-state index in [0.717, 1.165) is 50.7 Å². The van der Waals surface area contributed by atoms with Gasteiger partial charge in [-0.2, -0.15) is 0 Å². The zero-order chi connectivity index (χ0) is 18.9. The van der Waals surface area contributed by atoms with E-state index in [1.54, 1.807) is 7.11 Å². The summed E-state index contributed by atoms with van der Waals surface area (Å²) >= 11 is 0. The summed E-state index contributed by atoms with van der Waals surface area (Å²) in [6, 6.07) is 6.24. The van der Waals surface area contributed by atoms with Crippen molar-refractivity contribution >= 4 is 5.91 Å². The molecular weight excluding hydrogens is 342 g/mol. The molecule has 1 amide bonds. The van der Waals surface area contributed by atoms with Crippen molar-refractivity contribution in [2.75, 3.05) is 26.8 Å². The second kappa shape index (κ2) is 7.80. The predicted octanol–water partition coefficient (Wildman–Crippen LogP) is 3.03. The molecular formula is C22H31NO4. The fraction of sp³-hybridized carbons (Fsp3) is 0.682. The van der Waals surface area contributed by atoms with Gasteiger partial charge in [0.15, 0.2) is 0 Å². The normalized spacial score (nSPS) is 23.7. The lowest BCUT2D eigenvalue weighted by Gasteiger charge is -2.45. The minimum atomic E-state index is -0.830. The van der Waals surface area contributed by atoms with Gasteiger partial charge < -0.3 is 19.5 Å². The van der Waals surface area contributed by atoms with Gasteiger partial charge in [0.05, 0.1) is 19.3 Å². The van der Waals surface area contributed by atoms with Crippen LogP contribution in [0.5, 0.6) is 5.75 Å². The van der Waals surface area contributed by atoms with Crippen LogP contribution in [-0.4, -0.2) is 48.8 Å². The van der Waals surface area contributed by atoms with Gasteiger partial charge in [-0.15, -0.1) is 0 Å². The maximum Gasteiger partial charge on any atom is 0.251 e. The minimum absolute atomic E-state index is 0.0810. The van der Waals surface area contributed by atoms with Crippen LogP contribution in [0, 0.1) is 5.92 Å². The maximum atomic E-state index is 12.8. The Morgan fingerprint density at radius 3 is 2.70 bits per heavy atom. The molecule has 1 spiro atoms. The molecule has 1 N–H and O–H groups in total. The second-order valence-corrected chi connectivity index (χ2v) is 8.28. The number of piperidine rings is 1. The van der Waals surface area contributed by atoms with E-state index in [0.29, 0.717) is 19.7 Å². The molecule has 1 aliphatic carbocycles. The Morgan fingerprint density at radius 1 is 1.26 bits per heavy atom. The van der Waals surface area contributed by atoms with E-state index in [1.165, 1.54) is 17.5 Å². The molecule has 0 unspecified atom stereocenters. The largest absolute Gasteiger partial charge is 0.497 e. The molecule has 3 aliphatic rings. The third-order valence-electron chi connectivity index (χ3n) is 6.79. The Bertz CT molecular complexity index is 675. The number of hydrogen-bond donors (Lipinski definition) is 1. The summed E-state index contributed by atoms with van der Waals surface area (Å²) in [7, 11) is 1.69. The molecule has 1 aromatic rings. The number of methoxy groups -OCH3 is 1. The number of nitrogens with zero attached hydrogens (tertiary/aromatic N) is 1. The van der Waals surface area contributed by atoms with Gasteiger partial charge >= 0.3 is 0 Å². The first-order chi connectivity index (χ1) is 13.1. The minimum Gasteiger partial charge on any atom is -0.497 e. The van der Waals surface area contributed by atoms with Gasteiger partial charge in [0.1, 0.15) is 11.9 Å². The lowest BCUT2D eigenvalue weighted by Crippen LogP contribution is -2.51. The number of aliphatic hydroxyl groups excluding tert-OH is 1. The van der Waals surface area contributed by atoms with Crippen molar-refractivity contribution in [1.82, 2.24) is 4.90 Å². The first-order valence-corrected chi connectivity index (χ1v) is 10.4. The number of likely N-dealkylation sites (tertiary alicyclic amines) is 1. The van der Waals surface area contributed by atoms with Crippen molar-refractivity contribution in [1.29, 1.82) is 0 Å². The van der Waals surface area contributed by atoms with E-state index < -0.39 is 6.10 Å². The molecule has 4 rings (SSSR count). The third kappa shape index (κ3) is 3.59. The molecule has 2 heterocycles. The van der Waals surface area contributed by atoms with Crippen molar-refractivity contribution in [3.8, 4) is 5.75 Å². The van der Waals surface area contributed by atoms with Crippen molar-refractivity contribution < 1.29 is 19.4 Å².